The monoisotopic (exact) mass is 811 g/mol. The van der Waals surface area contributed by atoms with Crippen LogP contribution in [0.15, 0.2) is 153 Å². The molecule has 0 fully saturated rings. The maximum atomic E-state index is 14.7. The summed E-state index contributed by atoms with van der Waals surface area (Å²) in [7, 11) is 0. The summed E-state index contributed by atoms with van der Waals surface area (Å²) in [5.41, 5.74) is 15.3. The molecule has 0 aliphatic heterocycles. The molecular formula is C58H63F2N. The van der Waals surface area contributed by atoms with Crippen molar-refractivity contribution >= 4 is 41.4 Å². The van der Waals surface area contributed by atoms with Gasteiger partial charge in [0.2, 0.25) is 0 Å². The van der Waals surface area contributed by atoms with Crippen LogP contribution in [0.2, 0.25) is 0 Å². The highest BCUT2D eigenvalue weighted by Gasteiger charge is 2.38. The second-order valence-electron chi connectivity index (χ2n) is 15.8. The summed E-state index contributed by atoms with van der Waals surface area (Å²) >= 11 is 0. The van der Waals surface area contributed by atoms with Gasteiger partial charge in [-0.2, -0.15) is 0 Å². The summed E-state index contributed by atoms with van der Waals surface area (Å²) in [6, 6.07) is 38.5. The molecule has 1 aliphatic carbocycles. The Balaban J connectivity index is 0.000000290. The lowest BCUT2D eigenvalue weighted by Crippen LogP contribution is -2.31. The van der Waals surface area contributed by atoms with Crippen LogP contribution in [0.5, 0.6) is 0 Å². The highest BCUT2D eigenvalue weighted by molar-refractivity contribution is 5.98. The normalized spacial score (nSPS) is 12.5. The SMILES string of the molecule is C/C=C(\c1ccccc1C)C(C)C.C=C/C(=c1/ccccc1=C)N(c1cccc(F)c1)c1cc2c(c(C=C)c1C=C)-c1ccc(C)cc1C2(C)C.CC.Cc1cccc(F)c1. The van der Waals surface area contributed by atoms with Gasteiger partial charge in [0.25, 0.3) is 0 Å². The van der Waals surface area contributed by atoms with Crippen molar-refractivity contribution in [2.24, 2.45) is 5.92 Å². The molecule has 0 spiro atoms. The molecule has 0 heterocycles. The quantitative estimate of drug-likeness (QED) is 0.148. The van der Waals surface area contributed by atoms with Gasteiger partial charge in [-0.05, 0) is 131 Å². The molecule has 0 bridgehead atoms. The van der Waals surface area contributed by atoms with E-state index >= 15 is 0 Å². The third-order valence-corrected chi connectivity index (χ3v) is 11.0. The van der Waals surface area contributed by atoms with E-state index in [1.54, 1.807) is 18.2 Å². The first-order valence-electron chi connectivity index (χ1n) is 21.2. The van der Waals surface area contributed by atoms with E-state index in [-0.39, 0.29) is 17.0 Å². The fourth-order valence-electron chi connectivity index (χ4n) is 8.05. The fraction of sp³-hybridized carbons (Fsp3) is 0.207. The molecule has 1 nitrogen and oxygen atoms in total. The average molecular weight is 812 g/mol. The maximum Gasteiger partial charge on any atom is 0.125 e. The summed E-state index contributed by atoms with van der Waals surface area (Å²) in [6.45, 7) is 38.1. The Morgan fingerprint density at radius 2 is 1.28 bits per heavy atom. The second kappa shape index (κ2) is 21.3. The van der Waals surface area contributed by atoms with Gasteiger partial charge in [0.1, 0.15) is 11.6 Å². The first-order valence-corrected chi connectivity index (χ1v) is 21.2. The molecule has 6 aromatic rings. The summed E-state index contributed by atoms with van der Waals surface area (Å²) < 4.78 is 26.8. The van der Waals surface area contributed by atoms with E-state index < -0.39 is 0 Å². The number of hydrogen-bond acceptors (Lipinski definition) is 1. The number of nitrogens with zero attached hydrogens (tertiary/aromatic N) is 1. The van der Waals surface area contributed by atoms with Crippen LogP contribution in [0, 0.1) is 38.3 Å². The lowest BCUT2D eigenvalue weighted by Gasteiger charge is -2.31. The lowest BCUT2D eigenvalue weighted by atomic mass is 9.80. The van der Waals surface area contributed by atoms with Gasteiger partial charge in [0.05, 0.1) is 11.4 Å². The molecule has 7 rings (SSSR count). The Kier molecular flexibility index (Phi) is 16.5. The summed E-state index contributed by atoms with van der Waals surface area (Å²) in [5.74, 6) is 0.128. The minimum absolute atomic E-state index is 0.162. The molecule has 0 radical (unpaired) electrons. The molecule has 0 aromatic heterocycles. The topological polar surface area (TPSA) is 3.24 Å². The lowest BCUT2D eigenvalue weighted by molar-refractivity contribution is 0.626. The molecule has 0 unspecified atom stereocenters. The number of halogens is 2. The summed E-state index contributed by atoms with van der Waals surface area (Å²) in [5, 5.41) is 1.78. The highest BCUT2D eigenvalue weighted by Crippen LogP contribution is 2.54. The molecule has 61 heavy (non-hydrogen) atoms. The minimum atomic E-state index is -0.313. The third-order valence-electron chi connectivity index (χ3n) is 11.0. The number of rotatable bonds is 8. The largest absolute Gasteiger partial charge is 0.309 e. The Hall–Kier alpha value is -6.32. The van der Waals surface area contributed by atoms with E-state index in [1.807, 2.05) is 75.4 Å². The predicted octanol–water partition coefficient (Wildman–Crippen LogP) is 15.5. The highest BCUT2D eigenvalue weighted by atomic mass is 19.1. The Labute approximate surface area is 365 Å². The van der Waals surface area contributed by atoms with Gasteiger partial charge >= 0.3 is 0 Å². The van der Waals surface area contributed by atoms with Gasteiger partial charge in [-0.25, -0.2) is 8.78 Å². The van der Waals surface area contributed by atoms with Gasteiger partial charge in [0.15, 0.2) is 0 Å². The van der Waals surface area contributed by atoms with Crippen molar-refractivity contribution in [1.29, 1.82) is 0 Å². The van der Waals surface area contributed by atoms with Crippen molar-refractivity contribution in [1.82, 2.24) is 0 Å². The molecule has 3 heteroatoms. The molecule has 0 amide bonds. The predicted molar refractivity (Wildman–Crippen MR) is 264 cm³/mol. The van der Waals surface area contributed by atoms with Crippen LogP contribution in [0.25, 0.3) is 41.1 Å². The van der Waals surface area contributed by atoms with Crippen molar-refractivity contribution in [2.75, 3.05) is 4.90 Å². The van der Waals surface area contributed by atoms with Gasteiger partial charge in [-0.1, -0.05) is 177 Å². The van der Waals surface area contributed by atoms with Crippen LogP contribution < -0.4 is 15.3 Å². The Morgan fingerprint density at radius 1 is 0.672 bits per heavy atom. The van der Waals surface area contributed by atoms with Crippen molar-refractivity contribution < 1.29 is 8.78 Å². The van der Waals surface area contributed by atoms with Crippen LogP contribution >= 0.6 is 0 Å². The van der Waals surface area contributed by atoms with E-state index in [2.05, 4.69) is 134 Å². The van der Waals surface area contributed by atoms with Crippen LogP contribution in [-0.4, -0.2) is 0 Å². The van der Waals surface area contributed by atoms with Gasteiger partial charge in [-0.15, -0.1) is 0 Å². The molecule has 0 atom stereocenters. The van der Waals surface area contributed by atoms with E-state index in [0.717, 1.165) is 38.5 Å². The van der Waals surface area contributed by atoms with Crippen LogP contribution in [0.3, 0.4) is 0 Å². The third kappa shape index (κ3) is 10.5. The number of fused-ring (bicyclic) bond motifs is 3. The van der Waals surface area contributed by atoms with Crippen LogP contribution in [0.1, 0.15) is 93.0 Å². The van der Waals surface area contributed by atoms with E-state index in [1.165, 1.54) is 62.7 Å². The van der Waals surface area contributed by atoms with E-state index in [0.29, 0.717) is 11.6 Å². The van der Waals surface area contributed by atoms with Crippen LogP contribution in [-0.2, 0) is 5.41 Å². The van der Waals surface area contributed by atoms with Gasteiger partial charge in [0, 0.05) is 21.9 Å². The average Bonchev–Trinajstić information content (AvgIpc) is 3.46. The number of allylic oxidation sites excluding steroid dienone is 2. The number of anilines is 2. The van der Waals surface area contributed by atoms with Crippen molar-refractivity contribution in [2.45, 2.75) is 74.7 Å². The molecule has 1 aliphatic rings. The van der Waals surface area contributed by atoms with E-state index in [4.69, 9.17) is 0 Å². The number of aryl methyl sites for hydroxylation is 3. The smallest absolute Gasteiger partial charge is 0.125 e. The number of benzene rings is 6. The molecule has 6 aromatic carbocycles. The van der Waals surface area contributed by atoms with Gasteiger partial charge in [-0.3, -0.25) is 0 Å². The zero-order chi connectivity index (χ0) is 45.0. The first kappa shape index (κ1) is 47.4. The van der Waals surface area contributed by atoms with E-state index in [9.17, 15) is 8.78 Å². The Bertz CT molecular complexity index is 2640. The summed E-state index contributed by atoms with van der Waals surface area (Å²) in [6.07, 6.45) is 7.81. The zero-order valence-corrected chi connectivity index (χ0v) is 38.0. The molecule has 0 saturated carbocycles. The fourth-order valence-corrected chi connectivity index (χ4v) is 8.05. The maximum absolute atomic E-state index is 14.7. The molecular weight excluding hydrogens is 749 g/mol. The van der Waals surface area contributed by atoms with Crippen molar-refractivity contribution in [3.8, 4) is 11.1 Å². The minimum Gasteiger partial charge on any atom is -0.309 e. The van der Waals surface area contributed by atoms with Crippen LogP contribution in [0.4, 0.5) is 20.2 Å². The van der Waals surface area contributed by atoms with Crippen molar-refractivity contribution in [3.63, 3.8) is 0 Å². The first-order chi connectivity index (χ1) is 29.2. The zero-order valence-electron chi connectivity index (χ0n) is 38.0. The Morgan fingerprint density at radius 3 is 1.82 bits per heavy atom. The molecule has 0 N–H and O–H groups in total. The van der Waals surface area contributed by atoms with Gasteiger partial charge < -0.3 is 4.90 Å². The molecule has 0 saturated heterocycles. The molecule has 314 valence electrons. The standard InChI is InChI=1S/C36H32FN.C13H18.C7H7F.C2H6/c1-8-27-28(9-2)35-30-19-18-23(4)20-31(30)36(6,7)32(35)22-34(27)38(26-16-13-15-25(37)21-26)33(10-3)29-17-12-11-14-24(29)5;1-5-12(10(2)3)13-9-7-6-8-11(13)4;1-6-3-2-4-7(8)5-6;1-2/h8-22H,1-3,5H2,4,6-7H3;5-10H,1-4H3;2-5H,1H3;1-2H3/b33-29+;12-5-;;. The summed E-state index contributed by atoms with van der Waals surface area (Å²) in [4.78, 5) is 2.06. The number of hydrogen-bond donors (Lipinski definition) is 0. The second-order valence-corrected chi connectivity index (χ2v) is 15.8. The van der Waals surface area contributed by atoms with Crippen molar-refractivity contribution in [3.05, 3.63) is 220 Å².